The zero-order chi connectivity index (χ0) is 12.9. The number of urea groups is 1. The zero-order valence-corrected chi connectivity index (χ0v) is 11.0. The predicted molar refractivity (Wildman–Crippen MR) is 65.9 cm³/mol. The first-order chi connectivity index (χ1) is 7.93. The Hall–Kier alpha value is -0.810. The number of nitrogens with one attached hydrogen (secondary N) is 2. The highest BCUT2D eigenvalue weighted by atomic mass is 16.5. The lowest BCUT2D eigenvalue weighted by Gasteiger charge is -2.38. The van der Waals surface area contributed by atoms with Crippen molar-refractivity contribution in [2.24, 2.45) is 5.41 Å². The van der Waals surface area contributed by atoms with Crippen molar-refractivity contribution < 1.29 is 14.6 Å². The van der Waals surface area contributed by atoms with Crippen LogP contribution in [-0.4, -0.2) is 43.0 Å². The van der Waals surface area contributed by atoms with Crippen molar-refractivity contribution in [1.29, 1.82) is 0 Å². The van der Waals surface area contributed by atoms with Gasteiger partial charge in [-0.3, -0.25) is 0 Å². The van der Waals surface area contributed by atoms with Crippen molar-refractivity contribution in [3.05, 3.63) is 0 Å². The smallest absolute Gasteiger partial charge is 0.315 e. The molecule has 2 amide bonds. The Morgan fingerprint density at radius 1 is 1.53 bits per heavy atom. The van der Waals surface area contributed by atoms with Crippen LogP contribution in [0.15, 0.2) is 0 Å². The van der Waals surface area contributed by atoms with Gasteiger partial charge in [0.25, 0.3) is 0 Å². The van der Waals surface area contributed by atoms with Gasteiger partial charge in [-0.15, -0.1) is 0 Å². The summed E-state index contributed by atoms with van der Waals surface area (Å²) >= 11 is 0. The molecule has 1 atom stereocenters. The highest BCUT2D eigenvalue weighted by molar-refractivity contribution is 5.74. The van der Waals surface area contributed by atoms with Gasteiger partial charge in [0.2, 0.25) is 0 Å². The molecule has 5 heteroatoms. The molecule has 0 aromatic carbocycles. The maximum absolute atomic E-state index is 11.7. The Kier molecular flexibility index (Phi) is 4.77. The molecule has 1 rings (SSSR count). The van der Waals surface area contributed by atoms with E-state index in [2.05, 4.69) is 17.6 Å². The third-order valence-corrected chi connectivity index (χ3v) is 3.14. The first kappa shape index (κ1) is 14.3. The minimum absolute atomic E-state index is 0.0470. The van der Waals surface area contributed by atoms with Crippen molar-refractivity contribution in [1.82, 2.24) is 10.6 Å². The van der Waals surface area contributed by atoms with Gasteiger partial charge in [-0.05, 0) is 13.3 Å². The van der Waals surface area contributed by atoms with Crippen LogP contribution in [0.2, 0.25) is 0 Å². The summed E-state index contributed by atoms with van der Waals surface area (Å²) in [7, 11) is 0. The van der Waals surface area contributed by atoms with Gasteiger partial charge in [0.15, 0.2) is 0 Å². The summed E-state index contributed by atoms with van der Waals surface area (Å²) in [4.78, 5) is 11.7. The molecule has 1 saturated heterocycles. The molecule has 0 aromatic heterocycles. The third kappa shape index (κ3) is 4.16. The lowest BCUT2D eigenvalue weighted by molar-refractivity contribution is -0.0976. The fourth-order valence-corrected chi connectivity index (χ4v) is 1.90. The van der Waals surface area contributed by atoms with E-state index in [4.69, 9.17) is 4.74 Å². The first-order valence-electron chi connectivity index (χ1n) is 6.18. The predicted octanol–water partition coefficient (Wildman–Crippen LogP) is 0.873. The van der Waals surface area contributed by atoms with Gasteiger partial charge >= 0.3 is 6.03 Å². The second kappa shape index (κ2) is 5.69. The summed E-state index contributed by atoms with van der Waals surface area (Å²) in [5.74, 6) is 0. The second-order valence-electron chi connectivity index (χ2n) is 5.58. The van der Waals surface area contributed by atoms with Gasteiger partial charge < -0.3 is 20.5 Å². The molecule has 5 nitrogen and oxygen atoms in total. The van der Waals surface area contributed by atoms with Gasteiger partial charge in [-0.2, -0.15) is 0 Å². The normalized spacial score (nSPS) is 21.2. The van der Waals surface area contributed by atoms with Gasteiger partial charge in [-0.25, -0.2) is 4.79 Å². The summed E-state index contributed by atoms with van der Waals surface area (Å²) in [6, 6.07) is -0.219. The molecule has 0 spiro atoms. The van der Waals surface area contributed by atoms with Crippen molar-refractivity contribution >= 4 is 6.03 Å². The van der Waals surface area contributed by atoms with Crippen LogP contribution < -0.4 is 10.6 Å². The van der Waals surface area contributed by atoms with Gasteiger partial charge in [-0.1, -0.05) is 20.3 Å². The van der Waals surface area contributed by atoms with E-state index in [1.807, 2.05) is 13.8 Å². The molecular weight excluding hydrogens is 220 g/mol. The molecule has 0 radical (unpaired) electrons. The minimum atomic E-state index is -0.532. The van der Waals surface area contributed by atoms with Crippen LogP contribution in [-0.2, 0) is 4.74 Å². The highest BCUT2D eigenvalue weighted by Gasteiger charge is 2.34. The fraction of sp³-hybridized carbons (Fsp3) is 0.917. The fourth-order valence-electron chi connectivity index (χ4n) is 1.90. The van der Waals surface area contributed by atoms with Crippen LogP contribution in [0.1, 0.15) is 33.6 Å². The molecule has 17 heavy (non-hydrogen) atoms. The van der Waals surface area contributed by atoms with Crippen molar-refractivity contribution in [2.75, 3.05) is 26.4 Å². The third-order valence-electron chi connectivity index (χ3n) is 3.14. The van der Waals surface area contributed by atoms with E-state index in [-0.39, 0.29) is 18.1 Å². The summed E-state index contributed by atoms with van der Waals surface area (Å²) in [6.45, 7) is 7.90. The Balaban J connectivity index is 2.32. The number of hydrogen-bond acceptors (Lipinski definition) is 3. The number of rotatable bonds is 6. The first-order valence-corrected chi connectivity index (χ1v) is 6.18. The molecule has 3 N–H and O–H groups in total. The number of aliphatic hydroxyl groups is 1. The van der Waals surface area contributed by atoms with Crippen LogP contribution in [0.4, 0.5) is 4.79 Å². The van der Waals surface area contributed by atoms with Gasteiger partial charge in [0.1, 0.15) is 0 Å². The average molecular weight is 244 g/mol. The van der Waals surface area contributed by atoms with E-state index in [1.165, 1.54) is 0 Å². The van der Waals surface area contributed by atoms with Crippen LogP contribution >= 0.6 is 0 Å². The Morgan fingerprint density at radius 2 is 2.18 bits per heavy atom. The van der Waals surface area contributed by atoms with E-state index in [0.29, 0.717) is 19.8 Å². The summed E-state index contributed by atoms with van der Waals surface area (Å²) < 4.78 is 5.12. The zero-order valence-electron chi connectivity index (χ0n) is 11.0. The van der Waals surface area contributed by atoms with E-state index in [9.17, 15) is 9.90 Å². The monoisotopic (exact) mass is 244 g/mol. The lowest BCUT2D eigenvalue weighted by atomic mass is 9.89. The maximum atomic E-state index is 11.7. The van der Waals surface area contributed by atoms with E-state index < -0.39 is 5.54 Å². The molecule has 1 aliphatic rings. The number of carbonyl (C=O) groups excluding carboxylic acids is 1. The largest absolute Gasteiger partial charge is 0.394 e. The molecule has 1 aliphatic heterocycles. The number of hydrogen-bond donors (Lipinski definition) is 3. The van der Waals surface area contributed by atoms with Gasteiger partial charge in [0, 0.05) is 12.0 Å². The van der Waals surface area contributed by atoms with E-state index in [0.717, 1.165) is 12.8 Å². The van der Waals surface area contributed by atoms with E-state index in [1.54, 1.807) is 0 Å². The van der Waals surface area contributed by atoms with Crippen molar-refractivity contribution in [3.8, 4) is 0 Å². The molecule has 1 unspecified atom stereocenters. The van der Waals surface area contributed by atoms with Crippen LogP contribution in [0.5, 0.6) is 0 Å². The summed E-state index contributed by atoms with van der Waals surface area (Å²) in [5.41, 5.74) is -0.465. The molecule has 0 aromatic rings. The lowest BCUT2D eigenvalue weighted by Crippen LogP contribution is -2.56. The van der Waals surface area contributed by atoms with E-state index >= 15 is 0 Å². The van der Waals surface area contributed by atoms with Crippen LogP contribution in [0.3, 0.4) is 0 Å². The standard InChI is InChI=1S/C12H24N2O3/c1-4-5-12(3,7-15)14-10(16)13-6-11(2)8-17-9-11/h15H,4-9H2,1-3H3,(H2,13,14,16). The number of aliphatic hydroxyl groups excluding tert-OH is 1. The molecule has 100 valence electrons. The molecule has 0 bridgehead atoms. The Morgan fingerprint density at radius 3 is 2.59 bits per heavy atom. The quantitative estimate of drug-likeness (QED) is 0.649. The number of carbonyl (C=O) groups is 1. The number of ether oxygens (including phenoxy) is 1. The molecule has 1 heterocycles. The van der Waals surface area contributed by atoms with Gasteiger partial charge in [0.05, 0.1) is 25.4 Å². The molecule has 0 saturated carbocycles. The molecule has 1 fully saturated rings. The Labute approximate surface area is 103 Å². The highest BCUT2D eigenvalue weighted by Crippen LogP contribution is 2.25. The topological polar surface area (TPSA) is 70.6 Å². The maximum Gasteiger partial charge on any atom is 0.315 e. The molecule has 0 aliphatic carbocycles. The Bertz CT molecular complexity index is 266. The van der Waals surface area contributed by atoms with Crippen LogP contribution in [0, 0.1) is 5.41 Å². The number of amides is 2. The van der Waals surface area contributed by atoms with Crippen molar-refractivity contribution in [3.63, 3.8) is 0 Å². The minimum Gasteiger partial charge on any atom is -0.394 e. The molecular formula is C12H24N2O3. The summed E-state index contributed by atoms with van der Waals surface area (Å²) in [6.07, 6.45) is 1.68. The summed E-state index contributed by atoms with van der Waals surface area (Å²) in [5, 5.41) is 14.9. The average Bonchev–Trinajstić information content (AvgIpc) is 2.24. The van der Waals surface area contributed by atoms with Crippen molar-refractivity contribution in [2.45, 2.75) is 39.2 Å². The SMILES string of the molecule is CCCC(C)(CO)NC(=O)NCC1(C)COC1. The van der Waals surface area contributed by atoms with Crippen LogP contribution in [0.25, 0.3) is 0 Å². The second-order valence-corrected chi connectivity index (χ2v) is 5.58.